The van der Waals surface area contributed by atoms with Gasteiger partial charge in [0, 0.05) is 11.8 Å². The lowest BCUT2D eigenvalue weighted by atomic mass is 9.87. The summed E-state index contributed by atoms with van der Waals surface area (Å²) in [4.78, 5) is 22.7. The van der Waals surface area contributed by atoms with Crippen LogP contribution in [0.25, 0.3) is 0 Å². The van der Waals surface area contributed by atoms with Crippen LogP contribution in [0, 0.1) is 11.3 Å². The van der Waals surface area contributed by atoms with Crippen LogP contribution >= 0.6 is 0 Å². The van der Waals surface area contributed by atoms with Crippen LogP contribution in [0.15, 0.2) is 0 Å². The number of carbonyl (C=O) groups excluding carboxylic acids is 2. The molecule has 0 aromatic heterocycles. The smallest absolute Gasteiger partial charge is 0.145 e. The third-order valence-corrected chi connectivity index (χ3v) is 1.83. The SMILES string of the molecule is CC(C)CC(=O)CC(=O)C(C)(C)C. The van der Waals surface area contributed by atoms with Gasteiger partial charge in [-0.3, -0.25) is 9.59 Å². The van der Waals surface area contributed by atoms with Crippen molar-refractivity contribution in [2.45, 2.75) is 47.5 Å². The van der Waals surface area contributed by atoms with Crippen LogP contribution in [0.1, 0.15) is 47.5 Å². The molecule has 0 fully saturated rings. The van der Waals surface area contributed by atoms with Crippen molar-refractivity contribution in [2.75, 3.05) is 0 Å². The second kappa shape index (κ2) is 4.54. The van der Waals surface area contributed by atoms with Crippen LogP contribution in [0.5, 0.6) is 0 Å². The monoisotopic (exact) mass is 184 g/mol. The van der Waals surface area contributed by atoms with E-state index in [-0.39, 0.29) is 23.4 Å². The normalized spacial score (nSPS) is 11.8. The molecule has 0 spiro atoms. The van der Waals surface area contributed by atoms with Gasteiger partial charge in [-0.25, -0.2) is 0 Å². The fourth-order valence-electron chi connectivity index (χ4n) is 0.972. The van der Waals surface area contributed by atoms with E-state index in [0.717, 1.165) is 0 Å². The average molecular weight is 184 g/mol. The van der Waals surface area contributed by atoms with E-state index in [1.54, 1.807) is 0 Å². The summed E-state index contributed by atoms with van der Waals surface area (Å²) in [5.74, 6) is 0.452. The fourth-order valence-corrected chi connectivity index (χ4v) is 0.972. The number of hydrogen-bond acceptors (Lipinski definition) is 2. The second-order valence-corrected chi connectivity index (χ2v) is 4.99. The molecular formula is C11H20O2. The first-order chi connectivity index (χ1) is 5.73. The number of rotatable bonds is 4. The van der Waals surface area contributed by atoms with Crippen molar-refractivity contribution in [3.05, 3.63) is 0 Å². The number of Topliss-reactive ketones (excluding diaryl/α,β-unsaturated/α-hetero) is 2. The molecule has 0 aliphatic rings. The summed E-state index contributed by atoms with van der Waals surface area (Å²) in [7, 11) is 0. The molecule has 0 bridgehead atoms. The molecule has 0 aliphatic carbocycles. The lowest BCUT2D eigenvalue weighted by Gasteiger charge is -2.15. The number of ketones is 2. The maximum atomic E-state index is 11.4. The Labute approximate surface area is 80.7 Å². The Morgan fingerprint density at radius 2 is 1.62 bits per heavy atom. The lowest BCUT2D eigenvalue weighted by molar-refractivity contribution is -0.131. The topological polar surface area (TPSA) is 34.1 Å². The molecule has 76 valence electrons. The highest BCUT2D eigenvalue weighted by atomic mass is 16.1. The first-order valence-corrected chi connectivity index (χ1v) is 4.78. The van der Waals surface area contributed by atoms with Gasteiger partial charge in [0.2, 0.25) is 0 Å². The van der Waals surface area contributed by atoms with Gasteiger partial charge in [0.1, 0.15) is 11.6 Å². The zero-order valence-electron chi connectivity index (χ0n) is 9.31. The van der Waals surface area contributed by atoms with Crippen molar-refractivity contribution in [1.82, 2.24) is 0 Å². The molecule has 2 heteroatoms. The van der Waals surface area contributed by atoms with Crippen molar-refractivity contribution in [3.8, 4) is 0 Å². The van der Waals surface area contributed by atoms with Gasteiger partial charge in [0.25, 0.3) is 0 Å². The van der Waals surface area contributed by atoms with E-state index in [1.165, 1.54) is 0 Å². The Bertz CT molecular complexity index is 197. The molecule has 0 rings (SSSR count). The fraction of sp³-hybridized carbons (Fsp3) is 0.818. The Kier molecular flexibility index (Phi) is 4.31. The molecular weight excluding hydrogens is 164 g/mol. The van der Waals surface area contributed by atoms with E-state index in [2.05, 4.69) is 0 Å². The minimum Gasteiger partial charge on any atom is -0.299 e. The molecule has 0 radical (unpaired) electrons. The van der Waals surface area contributed by atoms with E-state index in [9.17, 15) is 9.59 Å². The molecule has 0 amide bonds. The second-order valence-electron chi connectivity index (χ2n) is 4.99. The maximum Gasteiger partial charge on any atom is 0.145 e. The predicted molar refractivity (Wildman–Crippen MR) is 53.5 cm³/mol. The standard InChI is InChI=1S/C11H20O2/c1-8(2)6-9(12)7-10(13)11(3,4)5/h8H,6-7H2,1-5H3. The molecule has 0 atom stereocenters. The third kappa shape index (κ3) is 5.56. The Morgan fingerprint density at radius 3 is 1.92 bits per heavy atom. The van der Waals surface area contributed by atoms with Crippen molar-refractivity contribution >= 4 is 11.6 Å². The van der Waals surface area contributed by atoms with Gasteiger partial charge in [-0.05, 0) is 5.92 Å². The Balaban J connectivity index is 4.01. The summed E-state index contributed by atoms with van der Waals surface area (Å²) in [6, 6.07) is 0. The van der Waals surface area contributed by atoms with Crippen LogP contribution in [-0.4, -0.2) is 11.6 Å². The Hall–Kier alpha value is -0.660. The van der Waals surface area contributed by atoms with Gasteiger partial charge in [0.05, 0.1) is 6.42 Å². The van der Waals surface area contributed by atoms with E-state index in [4.69, 9.17) is 0 Å². The van der Waals surface area contributed by atoms with Gasteiger partial charge in [-0.2, -0.15) is 0 Å². The van der Waals surface area contributed by atoms with Gasteiger partial charge in [-0.1, -0.05) is 34.6 Å². The summed E-state index contributed by atoms with van der Waals surface area (Å²) in [6.07, 6.45) is 0.615. The third-order valence-electron chi connectivity index (χ3n) is 1.83. The molecule has 0 saturated heterocycles. The van der Waals surface area contributed by atoms with Crippen molar-refractivity contribution in [1.29, 1.82) is 0 Å². The molecule has 0 aromatic rings. The highest BCUT2D eigenvalue weighted by molar-refractivity contribution is 6.01. The van der Waals surface area contributed by atoms with Crippen LogP contribution in [0.3, 0.4) is 0 Å². The van der Waals surface area contributed by atoms with Gasteiger partial charge < -0.3 is 0 Å². The van der Waals surface area contributed by atoms with Crippen LogP contribution < -0.4 is 0 Å². The first kappa shape index (κ1) is 12.3. The van der Waals surface area contributed by atoms with E-state index in [1.807, 2.05) is 34.6 Å². The highest BCUT2D eigenvalue weighted by Gasteiger charge is 2.23. The molecule has 0 heterocycles. The zero-order chi connectivity index (χ0) is 10.6. The minimum atomic E-state index is -0.382. The van der Waals surface area contributed by atoms with E-state index < -0.39 is 0 Å². The van der Waals surface area contributed by atoms with E-state index >= 15 is 0 Å². The van der Waals surface area contributed by atoms with Gasteiger partial charge in [-0.15, -0.1) is 0 Å². The van der Waals surface area contributed by atoms with E-state index in [0.29, 0.717) is 12.3 Å². The first-order valence-electron chi connectivity index (χ1n) is 4.78. The molecule has 0 N–H and O–H groups in total. The highest BCUT2D eigenvalue weighted by Crippen LogP contribution is 2.17. The quantitative estimate of drug-likeness (QED) is 0.629. The molecule has 0 saturated carbocycles. The van der Waals surface area contributed by atoms with Crippen molar-refractivity contribution in [2.24, 2.45) is 11.3 Å². The summed E-state index contributed by atoms with van der Waals surface area (Å²) in [5, 5.41) is 0. The predicted octanol–water partition coefficient (Wildman–Crippen LogP) is 2.61. The summed E-state index contributed by atoms with van der Waals surface area (Å²) in [6.45, 7) is 9.51. The zero-order valence-corrected chi connectivity index (χ0v) is 9.31. The largest absolute Gasteiger partial charge is 0.299 e. The van der Waals surface area contributed by atoms with Crippen molar-refractivity contribution in [3.63, 3.8) is 0 Å². The minimum absolute atomic E-state index is 0.0400. The molecule has 13 heavy (non-hydrogen) atoms. The van der Waals surface area contributed by atoms with Crippen LogP contribution in [-0.2, 0) is 9.59 Å². The number of hydrogen-bond donors (Lipinski definition) is 0. The van der Waals surface area contributed by atoms with Crippen LogP contribution in [0.4, 0.5) is 0 Å². The molecule has 2 nitrogen and oxygen atoms in total. The van der Waals surface area contributed by atoms with Crippen LogP contribution in [0.2, 0.25) is 0 Å². The Morgan fingerprint density at radius 1 is 1.15 bits per heavy atom. The molecule has 0 aliphatic heterocycles. The average Bonchev–Trinajstić information content (AvgIpc) is 1.82. The molecule has 0 unspecified atom stereocenters. The van der Waals surface area contributed by atoms with Gasteiger partial charge in [0.15, 0.2) is 0 Å². The number of carbonyl (C=O) groups is 2. The summed E-state index contributed by atoms with van der Waals surface area (Å²) in [5.41, 5.74) is -0.382. The lowest BCUT2D eigenvalue weighted by Crippen LogP contribution is -2.23. The van der Waals surface area contributed by atoms with Crippen molar-refractivity contribution < 1.29 is 9.59 Å². The summed E-state index contributed by atoms with van der Waals surface area (Å²) < 4.78 is 0. The maximum absolute atomic E-state index is 11.4. The molecule has 0 aromatic carbocycles. The summed E-state index contributed by atoms with van der Waals surface area (Å²) >= 11 is 0. The van der Waals surface area contributed by atoms with Gasteiger partial charge >= 0.3 is 0 Å².